The van der Waals surface area contributed by atoms with Gasteiger partial charge in [-0.15, -0.1) is 0 Å². The molecule has 1 atom stereocenters. The summed E-state index contributed by atoms with van der Waals surface area (Å²) in [6.45, 7) is 0. The van der Waals surface area contributed by atoms with E-state index < -0.39 is 11.9 Å². The van der Waals surface area contributed by atoms with Crippen molar-refractivity contribution in [2.45, 2.75) is 6.10 Å². The van der Waals surface area contributed by atoms with E-state index in [-0.39, 0.29) is 5.56 Å². The lowest BCUT2D eigenvalue weighted by Crippen LogP contribution is -2.05. The summed E-state index contributed by atoms with van der Waals surface area (Å²) in [4.78, 5) is 4.21. The third-order valence-corrected chi connectivity index (χ3v) is 3.16. The van der Waals surface area contributed by atoms with Crippen LogP contribution in [0.25, 0.3) is 10.8 Å². The van der Waals surface area contributed by atoms with Crippen molar-refractivity contribution in [2.24, 2.45) is 0 Å². The summed E-state index contributed by atoms with van der Waals surface area (Å²) >= 11 is 0. The number of hydrogen-bond acceptors (Lipinski definition) is 2. The smallest absolute Gasteiger partial charge is 0.129 e. The van der Waals surface area contributed by atoms with E-state index in [0.29, 0.717) is 5.69 Å². The van der Waals surface area contributed by atoms with Gasteiger partial charge in [0.25, 0.3) is 0 Å². The zero-order valence-corrected chi connectivity index (χ0v) is 10.1. The molecule has 0 amide bonds. The zero-order chi connectivity index (χ0) is 13.2. The highest BCUT2D eigenvalue weighted by Gasteiger charge is 2.17. The van der Waals surface area contributed by atoms with Gasteiger partial charge in [-0.3, -0.25) is 4.98 Å². The molecule has 3 aromatic rings. The maximum absolute atomic E-state index is 13.7. The van der Waals surface area contributed by atoms with Gasteiger partial charge in [-0.25, -0.2) is 4.39 Å². The van der Waals surface area contributed by atoms with Crippen LogP contribution in [0.1, 0.15) is 17.4 Å². The molecule has 1 N–H and O–H groups in total. The second-order valence-corrected chi connectivity index (χ2v) is 4.34. The summed E-state index contributed by atoms with van der Waals surface area (Å²) in [5, 5.41) is 12.2. The van der Waals surface area contributed by atoms with Gasteiger partial charge >= 0.3 is 0 Å². The molecule has 3 heteroatoms. The lowest BCUT2D eigenvalue weighted by atomic mass is 10.0. The summed E-state index contributed by atoms with van der Waals surface area (Å²) in [5.74, 6) is -0.426. The van der Waals surface area contributed by atoms with Crippen molar-refractivity contribution in [1.29, 1.82) is 0 Å². The van der Waals surface area contributed by atoms with Crippen molar-refractivity contribution in [2.75, 3.05) is 0 Å². The largest absolute Gasteiger partial charge is 0.382 e. The normalized spacial score (nSPS) is 12.5. The first kappa shape index (κ1) is 11.8. The van der Waals surface area contributed by atoms with Crippen LogP contribution in [0.4, 0.5) is 4.39 Å². The van der Waals surface area contributed by atoms with E-state index in [1.54, 1.807) is 24.4 Å². The molecule has 0 fully saturated rings. The maximum atomic E-state index is 13.7. The van der Waals surface area contributed by atoms with Gasteiger partial charge in [0.05, 0.1) is 5.69 Å². The van der Waals surface area contributed by atoms with Crippen LogP contribution >= 0.6 is 0 Å². The molecule has 0 aliphatic carbocycles. The molecule has 0 saturated heterocycles. The van der Waals surface area contributed by atoms with Crippen LogP contribution < -0.4 is 0 Å². The minimum atomic E-state index is -1.06. The molecule has 0 saturated carbocycles. The first-order valence-electron chi connectivity index (χ1n) is 6.03. The fourth-order valence-electron chi connectivity index (χ4n) is 2.21. The third-order valence-electron chi connectivity index (χ3n) is 3.16. The number of halogens is 1. The molecular weight excluding hydrogens is 241 g/mol. The number of aliphatic hydroxyl groups is 1. The molecule has 19 heavy (non-hydrogen) atoms. The SMILES string of the molecule is OC(c1ccccc1F)c1nccc2ccccc12. The molecule has 0 aliphatic heterocycles. The number of rotatable bonds is 2. The van der Waals surface area contributed by atoms with Crippen molar-refractivity contribution in [3.05, 3.63) is 77.9 Å². The second-order valence-electron chi connectivity index (χ2n) is 4.34. The summed E-state index contributed by atoms with van der Waals surface area (Å²) in [7, 11) is 0. The van der Waals surface area contributed by atoms with Gasteiger partial charge in [0.1, 0.15) is 11.9 Å². The Balaban J connectivity index is 2.17. The number of hydrogen-bond donors (Lipinski definition) is 1. The number of pyridine rings is 1. The first-order chi connectivity index (χ1) is 9.27. The molecule has 2 aromatic carbocycles. The fourth-order valence-corrected chi connectivity index (χ4v) is 2.21. The van der Waals surface area contributed by atoms with Gasteiger partial charge in [0.2, 0.25) is 0 Å². The van der Waals surface area contributed by atoms with E-state index in [9.17, 15) is 9.50 Å². The van der Waals surface area contributed by atoms with Crippen molar-refractivity contribution in [3.8, 4) is 0 Å². The quantitative estimate of drug-likeness (QED) is 0.758. The standard InChI is InChI=1S/C16H12FNO/c17-14-8-4-3-7-13(14)16(19)15-12-6-2-1-5-11(12)9-10-18-15/h1-10,16,19H. The molecule has 1 heterocycles. The Morgan fingerprint density at radius 2 is 1.68 bits per heavy atom. The Hall–Kier alpha value is -2.26. The molecular formula is C16H12FNO. The maximum Gasteiger partial charge on any atom is 0.129 e. The molecule has 94 valence electrons. The molecule has 0 aliphatic rings. The highest BCUT2D eigenvalue weighted by Crippen LogP contribution is 2.28. The van der Waals surface area contributed by atoms with Crippen molar-refractivity contribution < 1.29 is 9.50 Å². The lowest BCUT2D eigenvalue weighted by molar-refractivity contribution is 0.212. The topological polar surface area (TPSA) is 33.1 Å². The van der Waals surface area contributed by atoms with E-state index >= 15 is 0 Å². The Bertz CT molecular complexity index is 721. The predicted octanol–water partition coefficient (Wildman–Crippen LogP) is 3.46. The Morgan fingerprint density at radius 3 is 2.53 bits per heavy atom. The lowest BCUT2D eigenvalue weighted by Gasteiger charge is -2.13. The van der Waals surface area contributed by atoms with Gasteiger partial charge in [0.15, 0.2) is 0 Å². The Kier molecular flexibility index (Phi) is 2.97. The number of aromatic nitrogens is 1. The molecule has 0 bridgehead atoms. The van der Waals surface area contributed by atoms with Crippen LogP contribution in [0.5, 0.6) is 0 Å². The van der Waals surface area contributed by atoms with Crippen LogP contribution in [0, 0.1) is 5.82 Å². The third kappa shape index (κ3) is 2.09. The number of benzene rings is 2. The first-order valence-corrected chi connectivity index (χ1v) is 6.03. The molecule has 3 rings (SSSR count). The monoisotopic (exact) mass is 253 g/mol. The van der Waals surface area contributed by atoms with E-state index in [2.05, 4.69) is 4.98 Å². The molecule has 0 spiro atoms. The number of nitrogens with zero attached hydrogens (tertiary/aromatic N) is 1. The van der Waals surface area contributed by atoms with Crippen molar-refractivity contribution in [1.82, 2.24) is 4.98 Å². The van der Waals surface area contributed by atoms with Gasteiger partial charge in [0, 0.05) is 17.1 Å². The zero-order valence-electron chi connectivity index (χ0n) is 10.1. The number of aliphatic hydroxyl groups excluding tert-OH is 1. The predicted molar refractivity (Wildman–Crippen MR) is 72.2 cm³/mol. The number of fused-ring (bicyclic) bond motifs is 1. The fraction of sp³-hybridized carbons (Fsp3) is 0.0625. The molecule has 0 radical (unpaired) electrons. The Morgan fingerprint density at radius 1 is 0.947 bits per heavy atom. The van der Waals surface area contributed by atoms with Crippen LogP contribution in [0.3, 0.4) is 0 Å². The molecule has 1 aromatic heterocycles. The summed E-state index contributed by atoms with van der Waals surface area (Å²) in [6.07, 6.45) is 0.564. The van der Waals surface area contributed by atoms with Gasteiger partial charge in [-0.1, -0.05) is 42.5 Å². The summed E-state index contributed by atoms with van der Waals surface area (Å²) < 4.78 is 13.7. The Labute approximate surface area is 110 Å². The second kappa shape index (κ2) is 4.78. The van der Waals surface area contributed by atoms with E-state index in [4.69, 9.17) is 0 Å². The van der Waals surface area contributed by atoms with E-state index in [1.807, 2.05) is 30.3 Å². The van der Waals surface area contributed by atoms with Gasteiger partial charge < -0.3 is 5.11 Å². The average molecular weight is 253 g/mol. The van der Waals surface area contributed by atoms with Gasteiger partial charge in [-0.05, 0) is 17.5 Å². The summed E-state index contributed by atoms with van der Waals surface area (Å²) in [6, 6.07) is 15.7. The van der Waals surface area contributed by atoms with E-state index in [1.165, 1.54) is 6.07 Å². The molecule has 1 unspecified atom stereocenters. The van der Waals surface area contributed by atoms with Crippen molar-refractivity contribution in [3.63, 3.8) is 0 Å². The highest BCUT2D eigenvalue weighted by molar-refractivity contribution is 5.84. The van der Waals surface area contributed by atoms with Crippen LogP contribution in [0.15, 0.2) is 60.8 Å². The van der Waals surface area contributed by atoms with Gasteiger partial charge in [-0.2, -0.15) is 0 Å². The minimum Gasteiger partial charge on any atom is -0.382 e. The van der Waals surface area contributed by atoms with Crippen LogP contribution in [-0.2, 0) is 0 Å². The summed E-state index contributed by atoms with van der Waals surface area (Å²) in [5.41, 5.74) is 0.717. The van der Waals surface area contributed by atoms with Crippen molar-refractivity contribution >= 4 is 10.8 Å². The average Bonchev–Trinajstić information content (AvgIpc) is 2.46. The van der Waals surface area contributed by atoms with Crippen LogP contribution in [-0.4, -0.2) is 10.1 Å². The van der Waals surface area contributed by atoms with E-state index in [0.717, 1.165) is 10.8 Å². The highest BCUT2D eigenvalue weighted by atomic mass is 19.1. The minimum absolute atomic E-state index is 0.242. The molecule has 2 nitrogen and oxygen atoms in total. The van der Waals surface area contributed by atoms with Crippen LogP contribution in [0.2, 0.25) is 0 Å².